The van der Waals surface area contributed by atoms with Crippen LogP contribution in [0.3, 0.4) is 0 Å². The van der Waals surface area contributed by atoms with Gasteiger partial charge in [0.05, 0.1) is 25.1 Å². The lowest BCUT2D eigenvalue weighted by Crippen LogP contribution is -2.26. The fourth-order valence-electron chi connectivity index (χ4n) is 5.37. The van der Waals surface area contributed by atoms with E-state index in [1.807, 2.05) is 37.4 Å². The molecule has 0 radical (unpaired) electrons. The molecule has 1 atom stereocenters. The van der Waals surface area contributed by atoms with Gasteiger partial charge in [-0.25, -0.2) is 4.39 Å². The van der Waals surface area contributed by atoms with Gasteiger partial charge in [-0.05, 0) is 78.6 Å². The zero-order valence-corrected chi connectivity index (χ0v) is 24.3. The largest absolute Gasteiger partial charge is 0.490 e. The molecule has 0 unspecified atom stereocenters. The molecule has 2 aliphatic rings. The Morgan fingerprint density at radius 3 is 2.42 bits per heavy atom. The molecule has 3 aromatic carbocycles. The number of nitrogens with one attached hydrogen (secondary N) is 1. The molecule has 0 aliphatic carbocycles. The summed E-state index contributed by atoms with van der Waals surface area (Å²) in [5.41, 5.74) is 9.79. The summed E-state index contributed by atoms with van der Waals surface area (Å²) in [5, 5.41) is 3.25. The lowest BCUT2D eigenvalue weighted by molar-refractivity contribution is 0.0254. The Balaban J connectivity index is 0.00000253. The number of alkyl halides is 1. The molecular formula is C38H48FNO3. The summed E-state index contributed by atoms with van der Waals surface area (Å²) in [5.74, 6) is 0.988. The van der Waals surface area contributed by atoms with Crippen LogP contribution in [0.1, 0.15) is 99.8 Å². The van der Waals surface area contributed by atoms with Crippen LogP contribution < -0.4 is 10.1 Å². The minimum atomic E-state index is -0.815. The maximum absolute atomic E-state index is 13.5. The molecule has 0 spiro atoms. The number of carbonyl (C=O) groups excluding carboxylic acids is 1. The number of hydrogen-bond donors (Lipinski definition) is 1. The highest BCUT2D eigenvalue weighted by molar-refractivity contribution is 5.96. The van der Waals surface area contributed by atoms with Crippen LogP contribution in [0.4, 0.5) is 4.39 Å². The summed E-state index contributed by atoms with van der Waals surface area (Å²) in [7, 11) is 0. The number of Topliss-reactive ketones (excluding diaryl/α,β-unsaturated/α-hetero) is 1. The number of hydrogen-bond acceptors (Lipinski definition) is 4. The van der Waals surface area contributed by atoms with Gasteiger partial charge in [-0.3, -0.25) is 4.79 Å². The Morgan fingerprint density at radius 2 is 1.74 bits per heavy atom. The van der Waals surface area contributed by atoms with E-state index in [2.05, 4.69) is 61.6 Å². The van der Waals surface area contributed by atoms with Crippen molar-refractivity contribution in [3.8, 4) is 16.9 Å². The van der Waals surface area contributed by atoms with Crippen LogP contribution in [0.2, 0.25) is 0 Å². The Labute approximate surface area is 258 Å². The van der Waals surface area contributed by atoms with Crippen LogP contribution in [0.25, 0.3) is 28.5 Å². The van der Waals surface area contributed by atoms with Crippen LogP contribution in [0.5, 0.6) is 5.75 Å². The Bertz CT molecular complexity index is 1430. The van der Waals surface area contributed by atoms with Gasteiger partial charge in [-0.2, -0.15) is 0 Å². The minimum Gasteiger partial charge on any atom is -0.490 e. The summed E-state index contributed by atoms with van der Waals surface area (Å²) in [6.45, 7) is 7.60. The smallest absolute Gasteiger partial charge is 0.162 e. The van der Waals surface area contributed by atoms with Crippen LogP contribution in [-0.2, 0) is 4.74 Å². The summed E-state index contributed by atoms with van der Waals surface area (Å²) in [6, 6.07) is 20.6. The van der Waals surface area contributed by atoms with Gasteiger partial charge >= 0.3 is 0 Å². The van der Waals surface area contributed by atoms with E-state index < -0.39 is 6.17 Å². The van der Waals surface area contributed by atoms with E-state index in [9.17, 15) is 9.18 Å². The Kier molecular flexibility index (Phi) is 12.3. The van der Waals surface area contributed by atoms with Gasteiger partial charge in [-0.1, -0.05) is 76.4 Å². The van der Waals surface area contributed by atoms with Crippen LogP contribution >= 0.6 is 0 Å². The predicted molar refractivity (Wildman–Crippen MR) is 179 cm³/mol. The van der Waals surface area contributed by atoms with Crippen LogP contribution in [0.15, 0.2) is 66.9 Å². The summed E-state index contributed by atoms with van der Waals surface area (Å²) < 4.78 is 25.3. The van der Waals surface area contributed by atoms with E-state index in [0.29, 0.717) is 31.2 Å². The normalized spacial score (nSPS) is 15.3. The number of allylic oxidation sites excluding steroid dienone is 1. The van der Waals surface area contributed by atoms with E-state index in [-0.39, 0.29) is 26.7 Å². The second-order valence-corrected chi connectivity index (χ2v) is 11.1. The van der Waals surface area contributed by atoms with Crippen LogP contribution in [0, 0.1) is 6.92 Å². The van der Waals surface area contributed by atoms with Gasteiger partial charge in [0, 0.05) is 36.6 Å². The molecule has 1 N–H and O–H groups in total. The maximum Gasteiger partial charge on any atom is 0.162 e. The SMILES string of the molecule is C.C.CC[C@@H](F)CCCC(=O)c1ccc(/C(C)=C/c2cccc(-c3ccc(OC4CCOCC4)c(C4=CN4)c3)c2C)cc1. The molecule has 1 saturated heterocycles. The van der Waals surface area contributed by atoms with Gasteiger partial charge in [-0.15, -0.1) is 0 Å². The predicted octanol–water partition coefficient (Wildman–Crippen LogP) is 10.1. The van der Waals surface area contributed by atoms with E-state index >= 15 is 0 Å². The number of benzene rings is 3. The third-order valence-corrected chi connectivity index (χ3v) is 8.11. The number of ketones is 1. The highest BCUT2D eigenvalue weighted by Gasteiger charge is 2.21. The van der Waals surface area contributed by atoms with E-state index in [1.165, 1.54) is 11.1 Å². The summed E-state index contributed by atoms with van der Waals surface area (Å²) in [4.78, 5) is 12.5. The quantitative estimate of drug-likeness (QED) is 0.170. The number of carbonyl (C=O) groups is 1. The standard InChI is InChI=1S/C36H40FNO3.2CH4/c1-4-30(37)8-6-10-35(39)27-13-11-26(12-14-27)24(2)21-28-7-5-9-32(25(28)3)29-15-16-36(33(22-29)34-23-38-34)41-31-17-19-40-20-18-31;;/h5,7,9,11-16,21-23,30-31,38H,4,6,8,10,17-20H2,1-3H3;2*1H4/b24-21+;;/t30-;;/m1../s1. The fraction of sp³-hybridized carbons (Fsp3) is 0.395. The number of halogens is 1. The summed E-state index contributed by atoms with van der Waals surface area (Å²) >= 11 is 0. The lowest BCUT2D eigenvalue weighted by Gasteiger charge is -2.24. The molecule has 3 aromatic rings. The van der Waals surface area contributed by atoms with Crippen molar-refractivity contribution in [2.75, 3.05) is 13.2 Å². The average Bonchev–Trinajstić information content (AvgIpc) is 3.84. The Hall–Kier alpha value is -3.70. The fourth-order valence-corrected chi connectivity index (χ4v) is 5.37. The zero-order valence-electron chi connectivity index (χ0n) is 24.3. The molecule has 43 heavy (non-hydrogen) atoms. The minimum absolute atomic E-state index is 0. The first-order chi connectivity index (χ1) is 19.9. The lowest BCUT2D eigenvalue weighted by atomic mass is 9.93. The second kappa shape index (κ2) is 15.7. The van der Waals surface area contributed by atoms with Crippen molar-refractivity contribution in [2.45, 2.75) is 86.4 Å². The van der Waals surface area contributed by atoms with Gasteiger partial charge in [0.1, 0.15) is 11.9 Å². The molecule has 0 amide bonds. The van der Waals surface area contributed by atoms with Crippen LogP contribution in [-0.4, -0.2) is 31.3 Å². The van der Waals surface area contributed by atoms with Gasteiger partial charge < -0.3 is 14.8 Å². The van der Waals surface area contributed by atoms with Crippen molar-refractivity contribution in [1.82, 2.24) is 5.32 Å². The van der Waals surface area contributed by atoms with Gasteiger partial charge in [0.25, 0.3) is 0 Å². The van der Waals surface area contributed by atoms with Gasteiger partial charge in [0.2, 0.25) is 0 Å². The van der Waals surface area contributed by atoms with Crippen molar-refractivity contribution < 1.29 is 18.7 Å². The second-order valence-electron chi connectivity index (χ2n) is 11.1. The first-order valence-corrected chi connectivity index (χ1v) is 14.8. The van der Waals surface area contributed by atoms with Crippen molar-refractivity contribution in [2.24, 2.45) is 0 Å². The first kappa shape index (κ1) is 33.8. The third-order valence-electron chi connectivity index (χ3n) is 8.11. The van der Waals surface area contributed by atoms with Gasteiger partial charge in [0.15, 0.2) is 5.78 Å². The molecule has 4 nitrogen and oxygen atoms in total. The zero-order chi connectivity index (χ0) is 28.8. The topological polar surface area (TPSA) is 57.5 Å². The highest BCUT2D eigenvalue weighted by Crippen LogP contribution is 2.36. The van der Waals surface area contributed by atoms with Crippen molar-refractivity contribution in [1.29, 1.82) is 0 Å². The molecule has 2 heterocycles. The molecule has 0 aromatic heterocycles. The number of ether oxygens (including phenoxy) is 2. The highest BCUT2D eigenvalue weighted by atomic mass is 19.1. The molecule has 2 aliphatic heterocycles. The monoisotopic (exact) mass is 585 g/mol. The average molecular weight is 586 g/mol. The van der Waals surface area contributed by atoms with E-state index in [1.54, 1.807) is 0 Å². The molecule has 5 rings (SSSR count). The first-order valence-electron chi connectivity index (χ1n) is 14.8. The summed E-state index contributed by atoms with van der Waals surface area (Å²) in [6.07, 6.45) is 7.35. The molecular weight excluding hydrogens is 537 g/mol. The third kappa shape index (κ3) is 8.67. The van der Waals surface area contributed by atoms with Crippen molar-refractivity contribution in [3.05, 3.63) is 94.7 Å². The molecule has 0 bridgehead atoms. The maximum atomic E-state index is 13.5. The van der Waals surface area contributed by atoms with Crippen molar-refractivity contribution >= 4 is 23.1 Å². The number of rotatable bonds is 12. The van der Waals surface area contributed by atoms with Crippen molar-refractivity contribution in [3.63, 3.8) is 0 Å². The van der Waals surface area contributed by atoms with E-state index in [0.717, 1.165) is 65.3 Å². The molecule has 5 heteroatoms. The van der Waals surface area contributed by atoms with E-state index in [4.69, 9.17) is 9.47 Å². The Morgan fingerprint density at radius 1 is 1.05 bits per heavy atom. The molecule has 230 valence electrons. The molecule has 0 saturated carbocycles. The molecule has 1 fully saturated rings.